The number of ether oxygens (including phenoxy) is 1. The van der Waals surface area contributed by atoms with E-state index in [-0.39, 0.29) is 46.9 Å². The number of fused-ring (bicyclic) bond motifs is 1. The molecule has 3 rings (SSSR count). The predicted molar refractivity (Wildman–Crippen MR) is 116 cm³/mol. The van der Waals surface area contributed by atoms with Gasteiger partial charge in [-0.05, 0) is 48.9 Å². The second-order valence-corrected chi connectivity index (χ2v) is 9.51. The van der Waals surface area contributed by atoms with Crippen molar-refractivity contribution in [3.63, 3.8) is 0 Å². The van der Waals surface area contributed by atoms with E-state index in [2.05, 4.69) is 34.4 Å². The van der Waals surface area contributed by atoms with Gasteiger partial charge in [0.05, 0.1) is 18.9 Å². The van der Waals surface area contributed by atoms with Crippen LogP contribution in [0.2, 0.25) is 0 Å². The molecule has 8 heteroatoms. The summed E-state index contributed by atoms with van der Waals surface area (Å²) in [5, 5.41) is 17.4. The fourth-order valence-corrected chi connectivity index (χ4v) is 5.79. The molecule has 1 heterocycles. The van der Waals surface area contributed by atoms with Crippen molar-refractivity contribution >= 4 is 11.8 Å². The highest BCUT2D eigenvalue weighted by molar-refractivity contribution is 5.92. The number of aliphatic hydroxyl groups excluding tert-OH is 1. The minimum atomic E-state index is -0.590. The molecule has 1 aromatic rings. The molecule has 31 heavy (non-hydrogen) atoms. The van der Waals surface area contributed by atoms with Crippen LogP contribution in [0.3, 0.4) is 0 Å². The molecule has 2 fully saturated rings. The summed E-state index contributed by atoms with van der Waals surface area (Å²) >= 11 is 0. The maximum Gasteiger partial charge on any atom is 0.271 e. The molecule has 7 atom stereocenters. The molecule has 0 aromatic carbocycles. The molecule has 2 amide bonds. The first-order valence-corrected chi connectivity index (χ1v) is 11.3. The normalized spacial score (nSPS) is 33.8. The number of hydrogen-bond donors (Lipinski definition) is 3. The Morgan fingerprint density at radius 1 is 1.32 bits per heavy atom. The largest absolute Gasteiger partial charge is 0.392 e. The van der Waals surface area contributed by atoms with Crippen LogP contribution in [0.5, 0.6) is 0 Å². The van der Waals surface area contributed by atoms with E-state index >= 15 is 0 Å². The van der Waals surface area contributed by atoms with Crippen molar-refractivity contribution in [2.75, 3.05) is 20.3 Å². The molecular formula is C23H36N4O4. The highest BCUT2D eigenvalue weighted by Gasteiger charge is 2.53. The third-order valence-corrected chi connectivity index (χ3v) is 7.66. The third kappa shape index (κ3) is 5.06. The molecule has 0 aliphatic heterocycles. The molecule has 0 saturated heterocycles. The number of aliphatic hydroxyl groups is 1. The van der Waals surface area contributed by atoms with Gasteiger partial charge in [-0.15, -0.1) is 0 Å². The standard InChI is InChI=1S/C23H36N4O4/c1-14(21(29)26-11-12-31-4)16-5-7-23(3)8-6-17(15(2)19(23)20(16)28)27-22(30)18-13-24-9-10-25-18/h9-10,13-17,19-20,28H,5-8,11-12H2,1-4H3,(H,26,29)(H,27,30)/t14-,15+,16?,17-,19+,20-,23-/m0/s1. The predicted octanol–water partition coefficient (Wildman–Crippen LogP) is 1.80. The smallest absolute Gasteiger partial charge is 0.271 e. The maximum absolute atomic E-state index is 12.6. The van der Waals surface area contributed by atoms with Gasteiger partial charge in [-0.25, -0.2) is 4.98 Å². The van der Waals surface area contributed by atoms with E-state index < -0.39 is 6.10 Å². The monoisotopic (exact) mass is 432 g/mol. The van der Waals surface area contributed by atoms with Crippen LogP contribution in [0.4, 0.5) is 0 Å². The Balaban J connectivity index is 1.70. The summed E-state index contributed by atoms with van der Waals surface area (Å²) in [6, 6.07) is -0.0492. The number of methoxy groups -OCH3 is 1. The summed E-state index contributed by atoms with van der Waals surface area (Å²) < 4.78 is 5.00. The zero-order chi connectivity index (χ0) is 22.6. The van der Waals surface area contributed by atoms with Gasteiger partial charge in [-0.2, -0.15) is 0 Å². The first kappa shape index (κ1) is 23.6. The molecule has 3 N–H and O–H groups in total. The second-order valence-electron chi connectivity index (χ2n) is 9.51. The van der Waals surface area contributed by atoms with Crippen LogP contribution >= 0.6 is 0 Å². The van der Waals surface area contributed by atoms with Crippen molar-refractivity contribution in [1.29, 1.82) is 0 Å². The van der Waals surface area contributed by atoms with E-state index in [0.29, 0.717) is 18.8 Å². The topological polar surface area (TPSA) is 113 Å². The Hall–Kier alpha value is -2.06. The SMILES string of the molecule is COCCNC(=O)[C@@H](C)C1CC[C@@]2(C)CC[C@H](NC(=O)c3cnccn3)[C@@H](C)[C@@H]2[C@H]1O. The van der Waals surface area contributed by atoms with E-state index in [1.54, 1.807) is 7.11 Å². The second kappa shape index (κ2) is 10.0. The average Bonchev–Trinajstić information content (AvgIpc) is 2.76. The fourth-order valence-electron chi connectivity index (χ4n) is 5.79. The summed E-state index contributed by atoms with van der Waals surface area (Å²) in [4.78, 5) is 33.3. The number of amides is 2. The minimum Gasteiger partial charge on any atom is -0.392 e. The van der Waals surface area contributed by atoms with Gasteiger partial charge in [0.1, 0.15) is 5.69 Å². The van der Waals surface area contributed by atoms with Crippen molar-refractivity contribution in [2.45, 2.75) is 58.6 Å². The van der Waals surface area contributed by atoms with Gasteiger partial charge in [0.25, 0.3) is 5.91 Å². The lowest BCUT2D eigenvalue weighted by atomic mass is 9.51. The van der Waals surface area contributed by atoms with Crippen LogP contribution < -0.4 is 10.6 Å². The van der Waals surface area contributed by atoms with Gasteiger partial charge >= 0.3 is 0 Å². The summed E-state index contributed by atoms with van der Waals surface area (Å²) in [5.41, 5.74) is 0.307. The Morgan fingerprint density at radius 3 is 2.74 bits per heavy atom. The average molecular weight is 433 g/mol. The summed E-state index contributed by atoms with van der Waals surface area (Å²) in [5.74, 6) is -0.556. The number of rotatable bonds is 7. The summed E-state index contributed by atoms with van der Waals surface area (Å²) in [6.07, 6.45) is 7.52. The Kier molecular flexibility index (Phi) is 7.64. The Morgan fingerprint density at radius 2 is 2.06 bits per heavy atom. The molecule has 2 saturated carbocycles. The molecule has 172 valence electrons. The van der Waals surface area contributed by atoms with Gasteiger partial charge in [-0.3, -0.25) is 14.6 Å². The Bertz CT molecular complexity index is 761. The molecule has 0 bridgehead atoms. The number of carbonyl (C=O) groups is 2. The number of hydrogen-bond acceptors (Lipinski definition) is 6. The lowest BCUT2D eigenvalue weighted by Gasteiger charge is -2.56. The molecule has 1 unspecified atom stereocenters. The quantitative estimate of drug-likeness (QED) is 0.566. The van der Waals surface area contributed by atoms with Gasteiger partial charge in [0, 0.05) is 38.0 Å². The van der Waals surface area contributed by atoms with Crippen molar-refractivity contribution in [3.05, 3.63) is 24.3 Å². The van der Waals surface area contributed by atoms with E-state index in [1.165, 1.54) is 18.6 Å². The molecule has 8 nitrogen and oxygen atoms in total. The van der Waals surface area contributed by atoms with E-state index in [1.807, 2.05) is 6.92 Å². The first-order valence-electron chi connectivity index (χ1n) is 11.3. The molecule has 0 radical (unpaired) electrons. The zero-order valence-corrected chi connectivity index (χ0v) is 19.0. The van der Waals surface area contributed by atoms with Crippen LogP contribution in [0.25, 0.3) is 0 Å². The highest BCUT2D eigenvalue weighted by atomic mass is 16.5. The number of nitrogens with one attached hydrogen (secondary N) is 2. The van der Waals surface area contributed by atoms with Crippen LogP contribution in [0.15, 0.2) is 18.6 Å². The highest BCUT2D eigenvalue weighted by Crippen LogP contribution is 2.55. The zero-order valence-electron chi connectivity index (χ0n) is 19.0. The number of carbonyl (C=O) groups excluding carboxylic acids is 2. The van der Waals surface area contributed by atoms with Gasteiger partial charge in [-0.1, -0.05) is 20.8 Å². The van der Waals surface area contributed by atoms with E-state index in [0.717, 1.165) is 25.7 Å². The molecule has 0 spiro atoms. The molecular weight excluding hydrogens is 396 g/mol. The van der Waals surface area contributed by atoms with Gasteiger partial charge < -0.3 is 20.5 Å². The van der Waals surface area contributed by atoms with E-state index in [9.17, 15) is 14.7 Å². The van der Waals surface area contributed by atoms with E-state index in [4.69, 9.17) is 4.74 Å². The lowest BCUT2D eigenvalue weighted by molar-refractivity contribution is -0.142. The van der Waals surface area contributed by atoms with Gasteiger partial charge in [0.2, 0.25) is 5.91 Å². The number of aromatic nitrogens is 2. The Labute approximate surface area is 184 Å². The van der Waals surface area contributed by atoms with Crippen LogP contribution in [0.1, 0.15) is 56.9 Å². The minimum absolute atomic E-state index is 0.00929. The maximum atomic E-state index is 12.6. The summed E-state index contributed by atoms with van der Waals surface area (Å²) in [7, 11) is 1.60. The molecule has 2 aliphatic carbocycles. The van der Waals surface area contributed by atoms with Crippen molar-refractivity contribution < 1.29 is 19.4 Å². The van der Waals surface area contributed by atoms with Crippen molar-refractivity contribution in [1.82, 2.24) is 20.6 Å². The first-order chi connectivity index (χ1) is 14.8. The van der Waals surface area contributed by atoms with Gasteiger partial charge in [0.15, 0.2) is 0 Å². The van der Waals surface area contributed by atoms with Crippen LogP contribution in [0, 0.1) is 29.1 Å². The van der Waals surface area contributed by atoms with Crippen LogP contribution in [-0.2, 0) is 9.53 Å². The fraction of sp³-hybridized carbons (Fsp3) is 0.739. The third-order valence-electron chi connectivity index (χ3n) is 7.66. The lowest BCUT2D eigenvalue weighted by Crippen LogP contribution is -2.58. The number of nitrogens with zero attached hydrogens (tertiary/aromatic N) is 2. The molecule has 2 aliphatic rings. The van der Waals surface area contributed by atoms with Crippen LogP contribution in [-0.4, -0.2) is 59.3 Å². The summed E-state index contributed by atoms with van der Waals surface area (Å²) in [6.45, 7) is 7.20. The van der Waals surface area contributed by atoms with Crippen molar-refractivity contribution in [2.24, 2.45) is 29.1 Å². The van der Waals surface area contributed by atoms with Crippen molar-refractivity contribution in [3.8, 4) is 0 Å². The molecule has 1 aromatic heterocycles.